The van der Waals surface area contributed by atoms with Crippen LogP contribution >= 0.6 is 11.3 Å². The van der Waals surface area contributed by atoms with Crippen LogP contribution in [0.3, 0.4) is 0 Å². The third-order valence-corrected chi connectivity index (χ3v) is 5.64. The fraction of sp³-hybridized carbons (Fsp3) is 0.421. The number of rotatable bonds is 7. The Labute approximate surface area is 168 Å². The van der Waals surface area contributed by atoms with Crippen molar-refractivity contribution in [1.29, 1.82) is 0 Å². The second-order valence-corrected chi connectivity index (χ2v) is 7.48. The van der Waals surface area contributed by atoms with Crippen molar-refractivity contribution in [3.8, 4) is 0 Å². The van der Waals surface area contributed by atoms with Crippen molar-refractivity contribution >= 4 is 33.7 Å². The summed E-state index contributed by atoms with van der Waals surface area (Å²) in [5.74, 6) is 0.763. The topological polar surface area (TPSA) is 94.8 Å². The smallest absolute Gasteiger partial charge is 0.292 e. The Hall–Kier alpha value is -2.81. The lowest BCUT2D eigenvalue weighted by atomic mass is 10.1. The van der Waals surface area contributed by atoms with E-state index in [1.54, 1.807) is 36.6 Å². The molecule has 1 saturated heterocycles. The molecule has 0 unspecified atom stereocenters. The number of nitro benzene ring substituents is 1. The monoisotopic (exact) mass is 402 g/mol. The molecule has 0 spiro atoms. The number of nitro groups is 1. The highest BCUT2D eigenvalue weighted by molar-refractivity contribution is 7.14. The molecule has 0 bridgehead atoms. The SMILES string of the molecule is CN=C(NCCNc1ccccc1[N+](=O)[O-])NC1CCN(c2cccs2)CC1. The molecule has 2 aromatic rings. The minimum atomic E-state index is -0.376. The number of para-hydroxylation sites is 2. The number of nitrogens with zero attached hydrogens (tertiary/aromatic N) is 3. The van der Waals surface area contributed by atoms with Gasteiger partial charge in [0, 0.05) is 45.3 Å². The van der Waals surface area contributed by atoms with Crippen LogP contribution in [0.1, 0.15) is 12.8 Å². The highest BCUT2D eigenvalue weighted by Gasteiger charge is 2.20. The number of guanidine groups is 1. The summed E-state index contributed by atoms with van der Waals surface area (Å²) in [6, 6.07) is 11.3. The lowest BCUT2D eigenvalue weighted by molar-refractivity contribution is -0.384. The molecule has 3 rings (SSSR count). The van der Waals surface area contributed by atoms with E-state index in [-0.39, 0.29) is 10.6 Å². The Bertz CT molecular complexity index is 787. The molecule has 150 valence electrons. The third kappa shape index (κ3) is 5.35. The van der Waals surface area contributed by atoms with E-state index < -0.39 is 0 Å². The molecule has 0 amide bonds. The minimum Gasteiger partial charge on any atom is -0.378 e. The fourth-order valence-corrected chi connectivity index (χ4v) is 4.03. The van der Waals surface area contributed by atoms with Gasteiger partial charge in [-0.2, -0.15) is 0 Å². The van der Waals surface area contributed by atoms with Crippen molar-refractivity contribution in [1.82, 2.24) is 10.6 Å². The summed E-state index contributed by atoms with van der Waals surface area (Å²) in [5, 5.41) is 24.4. The van der Waals surface area contributed by atoms with Gasteiger partial charge >= 0.3 is 0 Å². The van der Waals surface area contributed by atoms with Crippen LogP contribution < -0.4 is 20.9 Å². The second-order valence-electron chi connectivity index (χ2n) is 6.56. The summed E-state index contributed by atoms with van der Waals surface area (Å²) in [5.41, 5.74) is 0.612. The summed E-state index contributed by atoms with van der Waals surface area (Å²) in [6.07, 6.45) is 2.13. The standard InChI is InChI=1S/C19H26N6O2S/c1-20-19(22-11-10-21-16-5-2-3-6-17(16)25(26)27)23-15-8-12-24(13-9-15)18-7-4-14-28-18/h2-7,14-15,21H,8-13H2,1H3,(H2,20,22,23). The summed E-state index contributed by atoms with van der Waals surface area (Å²) in [4.78, 5) is 17.4. The molecule has 1 fully saturated rings. The normalized spacial score (nSPS) is 15.3. The van der Waals surface area contributed by atoms with Gasteiger partial charge in [-0.05, 0) is 36.4 Å². The number of piperidine rings is 1. The maximum atomic E-state index is 11.0. The zero-order valence-corrected chi connectivity index (χ0v) is 16.7. The van der Waals surface area contributed by atoms with Gasteiger partial charge in [0.15, 0.2) is 5.96 Å². The maximum Gasteiger partial charge on any atom is 0.292 e. The molecule has 1 aliphatic rings. The molecule has 0 radical (unpaired) electrons. The van der Waals surface area contributed by atoms with Gasteiger partial charge in [-0.3, -0.25) is 15.1 Å². The number of aliphatic imine (C=N–C) groups is 1. The number of hydrogen-bond donors (Lipinski definition) is 3. The van der Waals surface area contributed by atoms with Crippen molar-refractivity contribution in [3.05, 3.63) is 51.9 Å². The number of hydrogen-bond acceptors (Lipinski definition) is 6. The average Bonchev–Trinajstić information content (AvgIpc) is 3.26. The number of thiophene rings is 1. The quantitative estimate of drug-likeness (QED) is 0.217. The van der Waals surface area contributed by atoms with Crippen LogP contribution in [0.4, 0.5) is 16.4 Å². The highest BCUT2D eigenvalue weighted by Crippen LogP contribution is 2.25. The summed E-state index contributed by atoms with van der Waals surface area (Å²) in [6.45, 7) is 3.24. The molecule has 1 aromatic heterocycles. The van der Waals surface area contributed by atoms with Crippen molar-refractivity contribution in [3.63, 3.8) is 0 Å². The van der Waals surface area contributed by atoms with Crippen LogP contribution in [0.15, 0.2) is 46.8 Å². The lowest BCUT2D eigenvalue weighted by Crippen LogP contribution is -2.49. The van der Waals surface area contributed by atoms with Crippen LogP contribution in [0.25, 0.3) is 0 Å². The van der Waals surface area contributed by atoms with Crippen molar-refractivity contribution in [2.45, 2.75) is 18.9 Å². The first kappa shape index (κ1) is 19.9. The van der Waals surface area contributed by atoms with Crippen molar-refractivity contribution in [2.24, 2.45) is 4.99 Å². The number of anilines is 2. The number of benzene rings is 1. The Morgan fingerprint density at radius 3 is 2.71 bits per heavy atom. The van der Waals surface area contributed by atoms with E-state index in [0.29, 0.717) is 24.8 Å². The van der Waals surface area contributed by atoms with Gasteiger partial charge in [0.25, 0.3) is 5.69 Å². The van der Waals surface area contributed by atoms with Gasteiger partial charge in [-0.15, -0.1) is 11.3 Å². The molecule has 9 heteroatoms. The maximum absolute atomic E-state index is 11.0. The predicted octanol–water partition coefficient (Wildman–Crippen LogP) is 2.90. The van der Waals surface area contributed by atoms with Crippen LogP contribution in [-0.2, 0) is 0 Å². The van der Waals surface area contributed by atoms with Gasteiger partial charge in [0.1, 0.15) is 5.69 Å². The first-order valence-corrected chi connectivity index (χ1v) is 10.3. The predicted molar refractivity (Wildman–Crippen MR) is 116 cm³/mol. The molecule has 2 heterocycles. The molecular formula is C19H26N6O2S. The van der Waals surface area contributed by atoms with Crippen molar-refractivity contribution < 1.29 is 4.92 Å². The molecule has 0 saturated carbocycles. The van der Waals surface area contributed by atoms with Crippen LogP contribution in [0.5, 0.6) is 0 Å². The molecule has 8 nitrogen and oxygen atoms in total. The van der Waals surface area contributed by atoms with Gasteiger partial charge in [0.05, 0.1) is 9.92 Å². The van der Waals surface area contributed by atoms with E-state index >= 15 is 0 Å². The Balaban J connectivity index is 1.39. The Morgan fingerprint density at radius 2 is 2.04 bits per heavy atom. The first-order chi connectivity index (χ1) is 13.7. The largest absolute Gasteiger partial charge is 0.378 e. The zero-order chi connectivity index (χ0) is 19.8. The Kier molecular flexibility index (Phi) is 7.07. The summed E-state index contributed by atoms with van der Waals surface area (Å²) in [7, 11) is 1.76. The average molecular weight is 403 g/mol. The van der Waals surface area contributed by atoms with Gasteiger partial charge < -0.3 is 20.9 Å². The third-order valence-electron chi connectivity index (χ3n) is 4.71. The minimum absolute atomic E-state index is 0.0857. The van der Waals surface area contributed by atoms with E-state index in [1.165, 1.54) is 11.1 Å². The van der Waals surface area contributed by atoms with E-state index in [1.807, 2.05) is 0 Å². The van der Waals surface area contributed by atoms with E-state index in [4.69, 9.17) is 0 Å². The Morgan fingerprint density at radius 1 is 1.25 bits per heavy atom. The van der Waals surface area contributed by atoms with Crippen molar-refractivity contribution in [2.75, 3.05) is 43.4 Å². The highest BCUT2D eigenvalue weighted by atomic mass is 32.1. The van der Waals surface area contributed by atoms with Crippen LogP contribution in [-0.4, -0.2) is 50.2 Å². The molecule has 3 N–H and O–H groups in total. The molecular weight excluding hydrogens is 376 g/mol. The van der Waals surface area contributed by atoms with Gasteiger partial charge in [-0.25, -0.2) is 0 Å². The molecule has 1 aromatic carbocycles. The van der Waals surface area contributed by atoms with Crippen LogP contribution in [0.2, 0.25) is 0 Å². The summed E-state index contributed by atoms with van der Waals surface area (Å²) >= 11 is 1.78. The lowest BCUT2D eigenvalue weighted by Gasteiger charge is -2.33. The molecule has 0 aliphatic carbocycles. The fourth-order valence-electron chi connectivity index (χ4n) is 3.24. The zero-order valence-electron chi connectivity index (χ0n) is 15.9. The first-order valence-electron chi connectivity index (χ1n) is 9.40. The van der Waals surface area contributed by atoms with Gasteiger partial charge in [0.2, 0.25) is 0 Å². The van der Waals surface area contributed by atoms with E-state index in [2.05, 4.69) is 43.4 Å². The van der Waals surface area contributed by atoms with E-state index in [9.17, 15) is 10.1 Å². The van der Waals surface area contributed by atoms with E-state index in [0.717, 1.165) is 31.9 Å². The molecule has 0 atom stereocenters. The molecule has 28 heavy (non-hydrogen) atoms. The summed E-state index contributed by atoms with van der Waals surface area (Å²) < 4.78 is 0. The molecule has 1 aliphatic heterocycles. The second kappa shape index (κ2) is 9.93. The number of nitrogens with one attached hydrogen (secondary N) is 3. The van der Waals surface area contributed by atoms with Gasteiger partial charge in [-0.1, -0.05) is 12.1 Å². The van der Waals surface area contributed by atoms with Crippen LogP contribution in [0, 0.1) is 10.1 Å².